The first-order valence-corrected chi connectivity index (χ1v) is 6.53. The summed E-state index contributed by atoms with van der Waals surface area (Å²) in [7, 11) is 0. The van der Waals surface area contributed by atoms with E-state index in [0.29, 0.717) is 0 Å². The number of aryl methyl sites for hydroxylation is 1. The minimum atomic E-state index is 0.755. The Morgan fingerprint density at radius 1 is 1.40 bits per heavy atom. The van der Waals surface area contributed by atoms with Gasteiger partial charge in [0.1, 0.15) is 5.82 Å². The topological polar surface area (TPSA) is 43.8 Å². The Kier molecular flexibility index (Phi) is 3.67. The van der Waals surface area contributed by atoms with Gasteiger partial charge in [0.15, 0.2) is 0 Å². The highest BCUT2D eigenvalue weighted by molar-refractivity contribution is 9.10. The van der Waals surface area contributed by atoms with Crippen LogP contribution in [-0.4, -0.2) is 9.78 Å². The summed E-state index contributed by atoms with van der Waals surface area (Å²) in [6.45, 7) is 0.960. The number of hydrogen-bond acceptors (Lipinski definition) is 2. The Morgan fingerprint density at radius 2 is 2.13 bits per heavy atom. The van der Waals surface area contributed by atoms with Crippen LogP contribution in [0.2, 0.25) is 0 Å². The number of halogens is 1. The zero-order valence-electron chi connectivity index (χ0n) is 8.95. The molecular formula is C11H18BrN3. The van der Waals surface area contributed by atoms with E-state index in [9.17, 15) is 0 Å². The van der Waals surface area contributed by atoms with Crippen LogP contribution in [0.4, 0.5) is 5.82 Å². The summed E-state index contributed by atoms with van der Waals surface area (Å²) in [6.07, 6.45) is 10.0. The molecule has 0 amide bonds. The molecule has 2 rings (SSSR count). The second-order valence-electron chi connectivity index (χ2n) is 4.39. The largest absolute Gasteiger partial charge is 0.383 e. The van der Waals surface area contributed by atoms with Gasteiger partial charge < -0.3 is 5.73 Å². The molecule has 0 spiro atoms. The van der Waals surface area contributed by atoms with Crippen molar-refractivity contribution in [3.63, 3.8) is 0 Å². The van der Waals surface area contributed by atoms with E-state index in [1.54, 1.807) is 6.20 Å². The molecule has 0 aromatic carbocycles. The molecule has 1 saturated carbocycles. The summed E-state index contributed by atoms with van der Waals surface area (Å²) in [4.78, 5) is 0. The predicted octanol–water partition coefficient (Wildman–Crippen LogP) is 3.20. The summed E-state index contributed by atoms with van der Waals surface area (Å²) in [6, 6.07) is 0. The van der Waals surface area contributed by atoms with E-state index in [2.05, 4.69) is 21.0 Å². The average Bonchev–Trinajstić information content (AvgIpc) is 2.59. The van der Waals surface area contributed by atoms with Crippen LogP contribution in [-0.2, 0) is 6.54 Å². The summed E-state index contributed by atoms with van der Waals surface area (Å²) < 4.78 is 2.81. The van der Waals surface area contributed by atoms with Crippen molar-refractivity contribution in [1.82, 2.24) is 9.78 Å². The Labute approximate surface area is 99.2 Å². The molecular weight excluding hydrogens is 254 g/mol. The fraction of sp³-hybridized carbons (Fsp3) is 0.727. The van der Waals surface area contributed by atoms with Crippen LogP contribution in [0.3, 0.4) is 0 Å². The van der Waals surface area contributed by atoms with E-state index in [4.69, 9.17) is 5.73 Å². The number of anilines is 1. The van der Waals surface area contributed by atoms with Gasteiger partial charge >= 0.3 is 0 Å². The maximum atomic E-state index is 5.87. The van der Waals surface area contributed by atoms with Gasteiger partial charge in [-0.2, -0.15) is 5.10 Å². The molecule has 4 heteroatoms. The smallest absolute Gasteiger partial charge is 0.136 e. The first kappa shape index (κ1) is 11.0. The third-order valence-corrected chi connectivity index (χ3v) is 3.92. The van der Waals surface area contributed by atoms with Gasteiger partial charge in [-0.25, -0.2) is 4.68 Å². The Bertz CT molecular complexity index is 316. The van der Waals surface area contributed by atoms with Crippen LogP contribution in [0, 0.1) is 5.92 Å². The van der Waals surface area contributed by atoms with Gasteiger partial charge in [-0.1, -0.05) is 32.1 Å². The molecule has 0 radical (unpaired) electrons. The van der Waals surface area contributed by atoms with Crippen LogP contribution < -0.4 is 5.73 Å². The van der Waals surface area contributed by atoms with Gasteiger partial charge in [0, 0.05) is 6.54 Å². The van der Waals surface area contributed by atoms with Gasteiger partial charge in [-0.05, 0) is 28.3 Å². The molecule has 1 aliphatic carbocycles. The molecule has 15 heavy (non-hydrogen) atoms. The highest BCUT2D eigenvalue weighted by Gasteiger charge is 2.14. The number of hydrogen-bond donors (Lipinski definition) is 1. The number of nitrogen functional groups attached to an aromatic ring is 1. The Hall–Kier alpha value is -0.510. The monoisotopic (exact) mass is 271 g/mol. The average molecular weight is 272 g/mol. The highest BCUT2D eigenvalue weighted by atomic mass is 79.9. The van der Waals surface area contributed by atoms with E-state index in [1.807, 2.05) is 4.68 Å². The SMILES string of the molecule is Nc1c(Br)cnn1CCC1CCCCC1. The van der Waals surface area contributed by atoms with Crippen molar-refractivity contribution in [3.05, 3.63) is 10.7 Å². The molecule has 1 aromatic rings. The summed E-state index contributed by atoms with van der Waals surface area (Å²) in [5, 5.41) is 4.24. The normalized spacial score (nSPS) is 18.2. The molecule has 84 valence electrons. The number of rotatable bonds is 3. The number of nitrogens with two attached hydrogens (primary N) is 1. The van der Waals surface area contributed by atoms with Gasteiger partial charge in [-0.15, -0.1) is 0 Å². The van der Waals surface area contributed by atoms with E-state index in [-0.39, 0.29) is 0 Å². The van der Waals surface area contributed by atoms with E-state index >= 15 is 0 Å². The first-order chi connectivity index (χ1) is 7.27. The molecule has 0 atom stereocenters. The van der Waals surface area contributed by atoms with Crippen molar-refractivity contribution in [2.75, 3.05) is 5.73 Å². The first-order valence-electron chi connectivity index (χ1n) is 5.74. The van der Waals surface area contributed by atoms with Gasteiger partial charge in [0.05, 0.1) is 10.7 Å². The Morgan fingerprint density at radius 3 is 2.73 bits per heavy atom. The molecule has 2 N–H and O–H groups in total. The standard InChI is InChI=1S/C11H18BrN3/c12-10-8-14-15(11(10)13)7-6-9-4-2-1-3-5-9/h8-9H,1-7,13H2. The molecule has 0 aliphatic heterocycles. The van der Waals surface area contributed by atoms with Gasteiger partial charge in [-0.3, -0.25) is 0 Å². The fourth-order valence-corrected chi connectivity index (χ4v) is 2.63. The lowest BCUT2D eigenvalue weighted by atomic mass is 9.87. The lowest BCUT2D eigenvalue weighted by Crippen LogP contribution is -2.12. The summed E-state index contributed by atoms with van der Waals surface area (Å²) in [5.41, 5.74) is 5.87. The number of aromatic nitrogens is 2. The second-order valence-corrected chi connectivity index (χ2v) is 5.25. The van der Waals surface area contributed by atoms with Crippen LogP contribution in [0.5, 0.6) is 0 Å². The third-order valence-electron chi connectivity index (χ3n) is 3.31. The van der Waals surface area contributed by atoms with E-state index in [1.165, 1.54) is 38.5 Å². The molecule has 0 saturated heterocycles. The predicted molar refractivity (Wildman–Crippen MR) is 65.5 cm³/mol. The minimum absolute atomic E-state index is 0.755. The maximum Gasteiger partial charge on any atom is 0.136 e. The lowest BCUT2D eigenvalue weighted by molar-refractivity contribution is 0.320. The van der Waals surface area contributed by atoms with Crippen LogP contribution in [0.25, 0.3) is 0 Å². The summed E-state index contributed by atoms with van der Waals surface area (Å²) >= 11 is 3.37. The zero-order valence-corrected chi connectivity index (χ0v) is 10.5. The molecule has 1 heterocycles. The highest BCUT2D eigenvalue weighted by Crippen LogP contribution is 2.27. The van der Waals surface area contributed by atoms with Crippen molar-refractivity contribution < 1.29 is 0 Å². The van der Waals surface area contributed by atoms with E-state index < -0.39 is 0 Å². The second kappa shape index (κ2) is 5.01. The van der Waals surface area contributed by atoms with Crippen LogP contribution in [0.15, 0.2) is 10.7 Å². The molecule has 0 unspecified atom stereocenters. The quantitative estimate of drug-likeness (QED) is 0.918. The minimum Gasteiger partial charge on any atom is -0.383 e. The van der Waals surface area contributed by atoms with Crippen LogP contribution in [0.1, 0.15) is 38.5 Å². The van der Waals surface area contributed by atoms with Crippen molar-refractivity contribution in [3.8, 4) is 0 Å². The summed E-state index contributed by atoms with van der Waals surface area (Å²) in [5.74, 6) is 1.65. The van der Waals surface area contributed by atoms with Gasteiger partial charge in [0.25, 0.3) is 0 Å². The third kappa shape index (κ3) is 2.74. The molecule has 1 aliphatic rings. The van der Waals surface area contributed by atoms with Crippen LogP contribution >= 0.6 is 15.9 Å². The van der Waals surface area contributed by atoms with Crippen molar-refractivity contribution in [2.45, 2.75) is 45.1 Å². The van der Waals surface area contributed by atoms with Crippen molar-refractivity contribution in [1.29, 1.82) is 0 Å². The Balaban J connectivity index is 1.84. The van der Waals surface area contributed by atoms with Crippen molar-refractivity contribution >= 4 is 21.7 Å². The maximum absolute atomic E-state index is 5.87. The zero-order chi connectivity index (χ0) is 10.7. The molecule has 1 aromatic heterocycles. The van der Waals surface area contributed by atoms with Crippen molar-refractivity contribution in [2.24, 2.45) is 5.92 Å². The lowest BCUT2D eigenvalue weighted by Gasteiger charge is -2.21. The number of nitrogens with zero attached hydrogens (tertiary/aromatic N) is 2. The molecule has 3 nitrogen and oxygen atoms in total. The van der Waals surface area contributed by atoms with Gasteiger partial charge in [0.2, 0.25) is 0 Å². The molecule has 1 fully saturated rings. The molecule has 0 bridgehead atoms. The fourth-order valence-electron chi connectivity index (χ4n) is 2.33. The van der Waals surface area contributed by atoms with E-state index in [0.717, 1.165) is 22.8 Å².